The molecule has 1 heterocycles. The molecule has 19 heavy (non-hydrogen) atoms. The summed E-state index contributed by atoms with van der Waals surface area (Å²) in [4.78, 5) is 17.1. The Morgan fingerprint density at radius 2 is 2.05 bits per heavy atom. The average Bonchev–Trinajstić information content (AvgIpc) is 2.86. The first kappa shape index (κ1) is 13.8. The fourth-order valence-electron chi connectivity index (χ4n) is 2.19. The van der Waals surface area contributed by atoms with Crippen molar-refractivity contribution in [3.63, 3.8) is 0 Å². The number of benzene rings is 1. The van der Waals surface area contributed by atoms with Crippen LogP contribution in [-0.4, -0.2) is 44.4 Å². The molecule has 0 saturated carbocycles. The lowest BCUT2D eigenvalue weighted by Gasteiger charge is -2.23. The van der Waals surface area contributed by atoms with Crippen LogP contribution in [-0.2, 0) is 9.47 Å². The largest absolute Gasteiger partial charge is 0.465 e. The summed E-state index contributed by atoms with van der Waals surface area (Å²) in [6.45, 7) is 1.56. The highest BCUT2D eigenvalue weighted by Crippen LogP contribution is 2.21. The number of nitrogens with zero attached hydrogens (tertiary/aromatic N) is 1. The van der Waals surface area contributed by atoms with Crippen molar-refractivity contribution < 1.29 is 19.1 Å². The number of hydrogen-bond donors (Lipinski definition) is 0. The third-order valence-electron chi connectivity index (χ3n) is 3.18. The van der Waals surface area contributed by atoms with Gasteiger partial charge in [0.25, 0.3) is 0 Å². The molecule has 1 saturated heterocycles. The third-order valence-corrected chi connectivity index (χ3v) is 3.18. The van der Waals surface area contributed by atoms with E-state index < -0.39 is 0 Å². The Bertz CT molecular complexity index is 418. The Morgan fingerprint density at radius 1 is 1.32 bits per heavy atom. The number of rotatable bonds is 5. The summed E-state index contributed by atoms with van der Waals surface area (Å²) in [5.74, 6) is 0.376. The lowest BCUT2D eigenvalue weighted by atomic mass is 10.2. The number of carbonyl (C=O) groups excluding carboxylic acids is 1. The van der Waals surface area contributed by atoms with Gasteiger partial charge >= 0.3 is 5.97 Å². The summed E-state index contributed by atoms with van der Waals surface area (Å²) in [7, 11) is 3.06. The van der Waals surface area contributed by atoms with Crippen molar-refractivity contribution >= 4 is 5.97 Å². The van der Waals surface area contributed by atoms with Gasteiger partial charge < -0.3 is 14.3 Å². The molecule has 1 fully saturated rings. The highest BCUT2D eigenvalue weighted by molar-refractivity contribution is 5.89. The molecule has 0 aromatic heterocycles. The average molecular weight is 265 g/mol. The Kier molecular flexibility index (Phi) is 4.76. The Morgan fingerprint density at radius 3 is 2.68 bits per heavy atom. The smallest absolute Gasteiger partial charge is 0.337 e. The molecule has 2 rings (SSSR count). The van der Waals surface area contributed by atoms with Crippen LogP contribution in [0.5, 0.6) is 5.75 Å². The minimum atomic E-state index is -0.343. The molecule has 0 spiro atoms. The molecule has 0 unspecified atom stereocenters. The number of carbonyl (C=O) groups is 1. The molecule has 104 valence electrons. The van der Waals surface area contributed by atoms with Gasteiger partial charge in [0.15, 0.2) is 0 Å². The molecule has 1 aliphatic heterocycles. The van der Waals surface area contributed by atoms with Crippen LogP contribution >= 0.6 is 0 Å². The highest BCUT2D eigenvalue weighted by Gasteiger charge is 2.26. The predicted octanol–water partition coefficient (Wildman–Crippen LogP) is 1.88. The maximum absolute atomic E-state index is 11.3. The minimum absolute atomic E-state index is 0.297. The molecule has 0 amide bonds. The summed E-state index contributed by atoms with van der Waals surface area (Å²) in [5, 5.41) is 1.94. The van der Waals surface area contributed by atoms with Gasteiger partial charge in [-0.2, -0.15) is 0 Å². The highest BCUT2D eigenvalue weighted by atomic mass is 16.7. The van der Waals surface area contributed by atoms with Crippen molar-refractivity contribution in [3.8, 4) is 5.75 Å². The van der Waals surface area contributed by atoms with Gasteiger partial charge in [-0.3, -0.25) is 0 Å². The summed E-state index contributed by atoms with van der Waals surface area (Å²) in [5.41, 5.74) is 0.518. The van der Waals surface area contributed by atoms with Crippen LogP contribution in [0.3, 0.4) is 0 Å². The van der Waals surface area contributed by atoms with Crippen molar-refractivity contribution in [1.82, 2.24) is 5.06 Å². The molecule has 1 aromatic carbocycles. The second-order valence-electron chi connectivity index (χ2n) is 4.50. The van der Waals surface area contributed by atoms with Crippen molar-refractivity contribution in [1.29, 1.82) is 0 Å². The zero-order valence-electron chi connectivity index (χ0n) is 11.3. The van der Waals surface area contributed by atoms with Crippen LogP contribution in [0.1, 0.15) is 23.2 Å². The lowest BCUT2D eigenvalue weighted by Crippen LogP contribution is -2.35. The van der Waals surface area contributed by atoms with E-state index in [9.17, 15) is 4.79 Å². The lowest BCUT2D eigenvalue weighted by molar-refractivity contribution is -0.0871. The first-order chi connectivity index (χ1) is 9.24. The fraction of sp³-hybridized carbons (Fsp3) is 0.500. The Balaban J connectivity index is 1.97. The summed E-state index contributed by atoms with van der Waals surface area (Å²) >= 11 is 0. The number of hydrogen-bond acceptors (Lipinski definition) is 5. The van der Waals surface area contributed by atoms with Crippen LogP contribution < -0.4 is 4.84 Å². The summed E-state index contributed by atoms with van der Waals surface area (Å²) in [6.07, 6.45) is 2.18. The van der Waals surface area contributed by atoms with E-state index in [0.29, 0.717) is 18.2 Å². The SMILES string of the molecule is COC[C@@H]1CCCN1Oc1ccc(C(=O)OC)cc1. The van der Waals surface area contributed by atoms with E-state index >= 15 is 0 Å². The first-order valence-corrected chi connectivity index (χ1v) is 6.36. The van der Waals surface area contributed by atoms with Gasteiger partial charge in [-0.15, -0.1) is 5.06 Å². The third kappa shape index (κ3) is 3.45. The van der Waals surface area contributed by atoms with Gasteiger partial charge in [-0.05, 0) is 37.1 Å². The van der Waals surface area contributed by atoms with E-state index in [0.717, 1.165) is 25.1 Å². The van der Waals surface area contributed by atoms with E-state index in [1.165, 1.54) is 7.11 Å². The molecule has 0 aliphatic carbocycles. The quantitative estimate of drug-likeness (QED) is 0.761. The van der Waals surface area contributed by atoms with E-state index in [1.54, 1.807) is 31.4 Å². The minimum Gasteiger partial charge on any atom is -0.465 e. The topological polar surface area (TPSA) is 48.0 Å². The van der Waals surface area contributed by atoms with Crippen LogP contribution in [0.4, 0.5) is 0 Å². The van der Waals surface area contributed by atoms with Gasteiger partial charge in [-0.1, -0.05) is 0 Å². The molecular formula is C14H19NO4. The second kappa shape index (κ2) is 6.54. The number of methoxy groups -OCH3 is 2. The number of ether oxygens (including phenoxy) is 2. The van der Waals surface area contributed by atoms with Crippen LogP contribution in [0.25, 0.3) is 0 Å². The molecule has 0 bridgehead atoms. The first-order valence-electron chi connectivity index (χ1n) is 6.36. The standard InChI is InChI=1S/C14H19NO4/c1-17-10-12-4-3-9-15(12)19-13-7-5-11(6-8-13)14(16)18-2/h5-8,12H,3-4,9-10H2,1-2H3/t12-/m0/s1. The van der Waals surface area contributed by atoms with Crippen molar-refractivity contribution in [2.45, 2.75) is 18.9 Å². The monoisotopic (exact) mass is 265 g/mol. The van der Waals surface area contributed by atoms with Crippen molar-refractivity contribution in [2.75, 3.05) is 27.4 Å². The predicted molar refractivity (Wildman–Crippen MR) is 70.0 cm³/mol. The molecule has 0 radical (unpaired) electrons. The zero-order chi connectivity index (χ0) is 13.7. The Hall–Kier alpha value is -1.59. The second-order valence-corrected chi connectivity index (χ2v) is 4.50. The molecule has 5 nitrogen and oxygen atoms in total. The van der Waals surface area contributed by atoms with Gasteiger partial charge in [0.2, 0.25) is 0 Å². The summed E-state index contributed by atoms with van der Waals surface area (Å²) < 4.78 is 9.83. The van der Waals surface area contributed by atoms with Crippen LogP contribution in [0, 0.1) is 0 Å². The van der Waals surface area contributed by atoms with Crippen LogP contribution in [0.2, 0.25) is 0 Å². The van der Waals surface area contributed by atoms with Crippen LogP contribution in [0.15, 0.2) is 24.3 Å². The van der Waals surface area contributed by atoms with Crippen molar-refractivity contribution in [3.05, 3.63) is 29.8 Å². The normalized spacial score (nSPS) is 19.4. The van der Waals surface area contributed by atoms with E-state index in [1.807, 2.05) is 5.06 Å². The maximum atomic E-state index is 11.3. The molecule has 0 N–H and O–H groups in total. The molecule has 5 heteroatoms. The fourth-order valence-corrected chi connectivity index (χ4v) is 2.19. The zero-order valence-corrected chi connectivity index (χ0v) is 11.3. The van der Waals surface area contributed by atoms with Gasteiger partial charge in [0, 0.05) is 13.7 Å². The summed E-state index contributed by atoms with van der Waals surface area (Å²) in [6, 6.07) is 7.24. The van der Waals surface area contributed by atoms with E-state index in [4.69, 9.17) is 9.57 Å². The number of esters is 1. The Labute approximate surface area is 113 Å². The van der Waals surface area contributed by atoms with Gasteiger partial charge in [-0.25, -0.2) is 4.79 Å². The maximum Gasteiger partial charge on any atom is 0.337 e. The number of hydroxylamine groups is 2. The van der Waals surface area contributed by atoms with Gasteiger partial charge in [0.1, 0.15) is 5.75 Å². The van der Waals surface area contributed by atoms with Gasteiger partial charge in [0.05, 0.1) is 25.3 Å². The molecular weight excluding hydrogens is 246 g/mol. The van der Waals surface area contributed by atoms with Crippen molar-refractivity contribution in [2.24, 2.45) is 0 Å². The molecule has 1 aliphatic rings. The van der Waals surface area contributed by atoms with E-state index in [2.05, 4.69) is 4.74 Å². The molecule has 1 aromatic rings. The van der Waals surface area contributed by atoms with E-state index in [-0.39, 0.29) is 5.97 Å². The molecule has 1 atom stereocenters.